The first-order valence-electron chi connectivity index (χ1n) is 8.42. The molecule has 1 heterocycles. The van der Waals surface area contributed by atoms with Gasteiger partial charge in [-0.2, -0.15) is 0 Å². The van der Waals surface area contributed by atoms with Crippen molar-refractivity contribution in [3.8, 4) is 5.88 Å². The first-order chi connectivity index (χ1) is 12.1. The fourth-order valence-corrected chi connectivity index (χ4v) is 3.93. The maximum absolute atomic E-state index is 9.10. The summed E-state index contributed by atoms with van der Waals surface area (Å²) in [6.07, 6.45) is 0. The number of methoxy groups -OCH3 is 1. The Labute approximate surface area is 163 Å². The Kier molecular flexibility index (Phi) is 6.34. The number of halogens is 1. The lowest BCUT2D eigenvalue weighted by Gasteiger charge is -2.37. The molecular formula is C18H25BrN4O2Si. The lowest BCUT2D eigenvalue weighted by Crippen LogP contribution is -2.41. The first kappa shape index (κ1) is 20.7. The third-order valence-corrected chi connectivity index (χ3v) is 10.2. The number of nitrogens with zero attached hydrogens (tertiary/aromatic N) is 4. The highest BCUT2D eigenvalue weighted by Gasteiger charge is 2.37. The van der Waals surface area contributed by atoms with E-state index in [1.807, 2.05) is 24.3 Å². The molecule has 0 N–H and O–H groups in total. The van der Waals surface area contributed by atoms with E-state index in [-0.39, 0.29) is 5.04 Å². The standard InChI is InChI=1S/C18H25BrN4O2Si/c1-18(2,3)26(5,6)25-11-14(22-23-20)16-13(19)9-7-12-8-10-15(24-4)21-17(12)16/h7-10,14H,11H2,1-6H3. The van der Waals surface area contributed by atoms with E-state index in [9.17, 15) is 0 Å². The van der Waals surface area contributed by atoms with E-state index in [0.717, 1.165) is 20.9 Å². The summed E-state index contributed by atoms with van der Waals surface area (Å²) in [7, 11) is -0.395. The lowest BCUT2D eigenvalue weighted by molar-refractivity contribution is 0.265. The quantitative estimate of drug-likeness (QED) is 0.228. The van der Waals surface area contributed by atoms with Crippen molar-refractivity contribution < 1.29 is 9.16 Å². The number of hydrogen-bond donors (Lipinski definition) is 0. The first-order valence-corrected chi connectivity index (χ1v) is 12.1. The highest BCUT2D eigenvalue weighted by atomic mass is 79.9. The van der Waals surface area contributed by atoms with E-state index < -0.39 is 14.4 Å². The van der Waals surface area contributed by atoms with Crippen LogP contribution in [0.4, 0.5) is 0 Å². The number of benzene rings is 1. The lowest BCUT2D eigenvalue weighted by atomic mass is 10.0. The highest BCUT2D eigenvalue weighted by molar-refractivity contribution is 9.10. The summed E-state index contributed by atoms with van der Waals surface area (Å²) < 4.78 is 12.4. The largest absolute Gasteiger partial charge is 0.481 e. The topological polar surface area (TPSA) is 80.1 Å². The Morgan fingerprint density at radius 3 is 2.50 bits per heavy atom. The average Bonchev–Trinajstić information content (AvgIpc) is 2.57. The molecule has 8 heteroatoms. The Hall–Kier alpha value is -1.60. The Bertz CT molecular complexity index is 845. The van der Waals surface area contributed by atoms with Crippen LogP contribution in [0, 0.1) is 0 Å². The zero-order chi connectivity index (χ0) is 19.5. The summed E-state index contributed by atoms with van der Waals surface area (Å²) in [6, 6.07) is 7.19. The second-order valence-corrected chi connectivity index (χ2v) is 13.3. The predicted octanol–water partition coefficient (Wildman–Crippen LogP) is 6.38. The summed E-state index contributed by atoms with van der Waals surface area (Å²) in [4.78, 5) is 7.62. The van der Waals surface area contributed by atoms with E-state index in [0.29, 0.717) is 12.5 Å². The fourth-order valence-electron chi connectivity index (χ4n) is 2.34. The predicted molar refractivity (Wildman–Crippen MR) is 111 cm³/mol. The van der Waals surface area contributed by atoms with Gasteiger partial charge in [-0.05, 0) is 35.8 Å². The number of azide groups is 1. The molecule has 6 nitrogen and oxygen atoms in total. The minimum Gasteiger partial charge on any atom is -0.481 e. The molecule has 1 unspecified atom stereocenters. The van der Waals surface area contributed by atoms with E-state index in [2.05, 4.69) is 64.8 Å². The van der Waals surface area contributed by atoms with Crippen LogP contribution in [0.5, 0.6) is 5.88 Å². The van der Waals surface area contributed by atoms with Crippen molar-refractivity contribution in [2.45, 2.75) is 44.9 Å². The summed E-state index contributed by atoms with van der Waals surface area (Å²) in [5, 5.41) is 5.04. The maximum Gasteiger partial charge on any atom is 0.213 e. The zero-order valence-electron chi connectivity index (χ0n) is 16.1. The number of rotatable bonds is 6. The van der Waals surface area contributed by atoms with Gasteiger partial charge >= 0.3 is 0 Å². The van der Waals surface area contributed by atoms with Crippen LogP contribution in [0.15, 0.2) is 33.9 Å². The maximum atomic E-state index is 9.10. The van der Waals surface area contributed by atoms with Crippen LogP contribution in [-0.2, 0) is 4.43 Å². The summed E-state index contributed by atoms with van der Waals surface area (Å²) >= 11 is 3.59. The molecule has 1 aromatic heterocycles. The smallest absolute Gasteiger partial charge is 0.213 e. The summed E-state index contributed by atoms with van der Waals surface area (Å²) in [5.41, 5.74) is 10.7. The Morgan fingerprint density at radius 1 is 1.27 bits per heavy atom. The van der Waals surface area contributed by atoms with Gasteiger partial charge in [-0.3, -0.25) is 0 Å². The number of hydrogen-bond acceptors (Lipinski definition) is 4. The second-order valence-electron chi connectivity index (χ2n) is 7.68. The molecule has 2 aromatic rings. The van der Waals surface area contributed by atoms with Gasteiger partial charge in [0.05, 0.1) is 18.7 Å². The minimum absolute atomic E-state index is 0.0748. The van der Waals surface area contributed by atoms with Crippen LogP contribution >= 0.6 is 15.9 Å². The highest BCUT2D eigenvalue weighted by Crippen LogP contribution is 2.39. The molecule has 0 bridgehead atoms. The van der Waals surface area contributed by atoms with Crippen molar-refractivity contribution in [2.75, 3.05) is 13.7 Å². The van der Waals surface area contributed by atoms with E-state index in [1.165, 1.54) is 0 Å². The number of aromatic nitrogens is 1. The van der Waals surface area contributed by atoms with Crippen LogP contribution in [0.3, 0.4) is 0 Å². The normalized spacial score (nSPS) is 13.3. The van der Waals surface area contributed by atoms with Gasteiger partial charge in [-0.25, -0.2) is 4.98 Å². The molecule has 0 spiro atoms. The van der Waals surface area contributed by atoms with Crippen molar-refractivity contribution in [3.63, 3.8) is 0 Å². The molecular weight excluding hydrogens is 412 g/mol. The van der Waals surface area contributed by atoms with E-state index in [1.54, 1.807) is 7.11 Å². The molecule has 0 saturated heterocycles. The van der Waals surface area contributed by atoms with Crippen LogP contribution in [-0.4, -0.2) is 27.0 Å². The van der Waals surface area contributed by atoms with Crippen LogP contribution in [0.1, 0.15) is 32.4 Å². The van der Waals surface area contributed by atoms with Gasteiger partial charge < -0.3 is 9.16 Å². The van der Waals surface area contributed by atoms with Crippen molar-refractivity contribution in [1.82, 2.24) is 4.98 Å². The molecule has 0 fully saturated rings. The average molecular weight is 437 g/mol. The monoisotopic (exact) mass is 436 g/mol. The minimum atomic E-state index is -1.98. The molecule has 0 aliphatic carbocycles. The van der Waals surface area contributed by atoms with Crippen molar-refractivity contribution in [3.05, 3.63) is 44.7 Å². The summed E-state index contributed by atoms with van der Waals surface area (Å²) in [6.45, 7) is 11.2. The van der Waals surface area contributed by atoms with Gasteiger partial charge in [0.25, 0.3) is 0 Å². The van der Waals surface area contributed by atoms with Crippen LogP contribution in [0.25, 0.3) is 21.3 Å². The molecule has 140 valence electrons. The van der Waals surface area contributed by atoms with Gasteiger partial charge in [0, 0.05) is 33.0 Å². The van der Waals surface area contributed by atoms with Crippen molar-refractivity contribution in [1.29, 1.82) is 0 Å². The zero-order valence-corrected chi connectivity index (χ0v) is 18.7. The fraction of sp³-hybridized carbons (Fsp3) is 0.500. The molecule has 26 heavy (non-hydrogen) atoms. The summed E-state index contributed by atoms with van der Waals surface area (Å²) in [5.74, 6) is 0.516. The molecule has 0 amide bonds. The van der Waals surface area contributed by atoms with Crippen LogP contribution in [0.2, 0.25) is 18.1 Å². The third kappa shape index (κ3) is 4.38. The molecule has 0 aliphatic heterocycles. The SMILES string of the molecule is COc1ccc2ccc(Br)c(C(CO[Si](C)(C)C(C)(C)C)N=[N+]=[N-])c2n1. The van der Waals surface area contributed by atoms with Gasteiger partial charge in [0.1, 0.15) is 0 Å². The van der Waals surface area contributed by atoms with Gasteiger partial charge in [-0.15, -0.1) is 0 Å². The molecule has 1 aromatic carbocycles. The van der Waals surface area contributed by atoms with E-state index >= 15 is 0 Å². The molecule has 0 aliphatic rings. The number of fused-ring (bicyclic) bond motifs is 1. The number of pyridine rings is 1. The Balaban J connectivity index is 2.50. The molecule has 0 radical (unpaired) electrons. The van der Waals surface area contributed by atoms with Crippen molar-refractivity contribution in [2.24, 2.45) is 5.11 Å². The van der Waals surface area contributed by atoms with E-state index in [4.69, 9.17) is 14.7 Å². The van der Waals surface area contributed by atoms with Crippen molar-refractivity contribution >= 4 is 35.2 Å². The molecule has 2 rings (SSSR count). The van der Waals surface area contributed by atoms with Gasteiger partial charge in [-0.1, -0.05) is 47.9 Å². The third-order valence-electron chi connectivity index (χ3n) is 4.96. The van der Waals surface area contributed by atoms with Gasteiger partial charge in [0.15, 0.2) is 8.32 Å². The molecule has 1 atom stereocenters. The molecule has 0 saturated carbocycles. The van der Waals surface area contributed by atoms with Crippen LogP contribution < -0.4 is 4.74 Å². The van der Waals surface area contributed by atoms with Gasteiger partial charge in [0.2, 0.25) is 5.88 Å². The number of ether oxygens (including phenoxy) is 1. The second kappa shape index (κ2) is 7.96. The Morgan fingerprint density at radius 2 is 1.92 bits per heavy atom.